The molecule has 7 heteroatoms. The first-order chi connectivity index (χ1) is 12.4. The van der Waals surface area contributed by atoms with Crippen molar-refractivity contribution < 1.29 is 17.9 Å². The van der Waals surface area contributed by atoms with E-state index < -0.39 is 10.0 Å². The third kappa shape index (κ3) is 3.48. The number of ether oxygens (including phenoxy) is 1. The molecule has 0 atom stereocenters. The maximum absolute atomic E-state index is 12.8. The second-order valence-corrected chi connectivity index (χ2v) is 7.29. The summed E-state index contributed by atoms with van der Waals surface area (Å²) in [5, 5.41) is 4.27. The van der Waals surface area contributed by atoms with E-state index in [-0.39, 0.29) is 16.5 Å². The summed E-state index contributed by atoms with van der Waals surface area (Å²) >= 11 is 0. The van der Waals surface area contributed by atoms with E-state index in [0.29, 0.717) is 11.3 Å². The van der Waals surface area contributed by atoms with Gasteiger partial charge in [-0.25, -0.2) is 8.42 Å². The Morgan fingerprint density at radius 3 is 2.38 bits per heavy atom. The van der Waals surface area contributed by atoms with E-state index in [0.717, 1.165) is 10.8 Å². The summed E-state index contributed by atoms with van der Waals surface area (Å²) in [4.78, 5) is 11.9. The van der Waals surface area contributed by atoms with E-state index in [2.05, 4.69) is 10.0 Å². The molecule has 3 rings (SSSR count). The van der Waals surface area contributed by atoms with Crippen molar-refractivity contribution in [1.82, 2.24) is 5.32 Å². The first-order valence-electron chi connectivity index (χ1n) is 7.86. The van der Waals surface area contributed by atoms with Crippen molar-refractivity contribution in [2.45, 2.75) is 4.90 Å². The van der Waals surface area contributed by atoms with Crippen molar-refractivity contribution in [1.29, 1.82) is 0 Å². The summed E-state index contributed by atoms with van der Waals surface area (Å²) < 4.78 is 33.3. The van der Waals surface area contributed by atoms with Crippen LogP contribution in [-0.4, -0.2) is 28.5 Å². The smallest absolute Gasteiger partial charge is 0.262 e. The highest BCUT2D eigenvalue weighted by Gasteiger charge is 2.18. The van der Waals surface area contributed by atoms with Gasteiger partial charge in [0.25, 0.3) is 15.9 Å². The molecule has 6 nitrogen and oxygen atoms in total. The van der Waals surface area contributed by atoms with Crippen LogP contribution < -0.4 is 14.8 Å². The lowest BCUT2D eigenvalue weighted by molar-refractivity contribution is 0.0963. The molecule has 0 heterocycles. The Hall–Kier alpha value is -3.06. The normalized spacial score (nSPS) is 11.2. The van der Waals surface area contributed by atoms with Crippen LogP contribution in [0.4, 0.5) is 5.69 Å². The van der Waals surface area contributed by atoms with Crippen LogP contribution in [0.5, 0.6) is 5.75 Å². The Morgan fingerprint density at radius 2 is 1.69 bits per heavy atom. The second kappa shape index (κ2) is 7.05. The minimum absolute atomic E-state index is 0.128. The van der Waals surface area contributed by atoms with Crippen LogP contribution in [0.1, 0.15) is 10.4 Å². The maximum atomic E-state index is 12.8. The van der Waals surface area contributed by atoms with Crippen molar-refractivity contribution in [3.8, 4) is 5.75 Å². The summed E-state index contributed by atoms with van der Waals surface area (Å²) in [7, 11) is -0.910. The van der Waals surface area contributed by atoms with Gasteiger partial charge in [-0.15, -0.1) is 0 Å². The molecule has 0 aromatic heterocycles. The fraction of sp³-hybridized carbons (Fsp3) is 0.105. The predicted octanol–water partition coefficient (Wildman–Crippen LogP) is 3.01. The van der Waals surface area contributed by atoms with Gasteiger partial charge in [-0.05, 0) is 41.1 Å². The van der Waals surface area contributed by atoms with Crippen molar-refractivity contribution in [3.05, 3.63) is 66.2 Å². The number of nitrogens with one attached hydrogen (secondary N) is 2. The van der Waals surface area contributed by atoms with Crippen LogP contribution in [0.2, 0.25) is 0 Å². The van der Waals surface area contributed by atoms with Crippen molar-refractivity contribution in [3.63, 3.8) is 0 Å². The van der Waals surface area contributed by atoms with E-state index >= 15 is 0 Å². The molecule has 3 aromatic rings. The number of rotatable bonds is 5. The molecular formula is C19H18N2O4S. The van der Waals surface area contributed by atoms with Gasteiger partial charge in [-0.3, -0.25) is 9.52 Å². The molecule has 0 aliphatic rings. The molecule has 0 aliphatic carbocycles. The number of carbonyl (C=O) groups is 1. The second-order valence-electron chi connectivity index (χ2n) is 5.61. The van der Waals surface area contributed by atoms with Gasteiger partial charge in [0.05, 0.1) is 17.7 Å². The van der Waals surface area contributed by atoms with E-state index in [4.69, 9.17) is 4.74 Å². The number of hydrogen-bond donors (Lipinski definition) is 2. The summed E-state index contributed by atoms with van der Waals surface area (Å²) in [6, 6.07) is 16.9. The van der Waals surface area contributed by atoms with Gasteiger partial charge < -0.3 is 10.1 Å². The number of hydrogen-bond acceptors (Lipinski definition) is 4. The Morgan fingerprint density at radius 1 is 0.962 bits per heavy atom. The molecular weight excluding hydrogens is 352 g/mol. The minimum atomic E-state index is -3.85. The van der Waals surface area contributed by atoms with Crippen LogP contribution in [0.15, 0.2) is 65.6 Å². The average molecular weight is 370 g/mol. The number of carbonyl (C=O) groups excluding carboxylic acids is 1. The largest absolute Gasteiger partial charge is 0.495 e. The topological polar surface area (TPSA) is 84.5 Å². The zero-order valence-electron chi connectivity index (χ0n) is 14.3. The fourth-order valence-electron chi connectivity index (χ4n) is 2.61. The van der Waals surface area contributed by atoms with E-state index in [9.17, 15) is 13.2 Å². The lowest BCUT2D eigenvalue weighted by atomic mass is 10.1. The molecule has 0 spiro atoms. The van der Waals surface area contributed by atoms with E-state index in [1.807, 2.05) is 24.3 Å². The molecule has 0 aliphatic heterocycles. The minimum Gasteiger partial charge on any atom is -0.495 e. The molecule has 0 bridgehead atoms. The average Bonchev–Trinajstić information content (AvgIpc) is 2.66. The molecule has 0 saturated heterocycles. The van der Waals surface area contributed by atoms with Crippen molar-refractivity contribution in [2.75, 3.05) is 18.9 Å². The third-order valence-corrected chi connectivity index (χ3v) is 5.33. The van der Waals surface area contributed by atoms with Gasteiger partial charge in [-0.2, -0.15) is 0 Å². The molecule has 0 radical (unpaired) electrons. The highest BCUT2D eigenvalue weighted by Crippen LogP contribution is 2.29. The zero-order valence-corrected chi connectivity index (χ0v) is 15.1. The Bertz CT molecular complexity index is 1080. The first-order valence-corrected chi connectivity index (χ1v) is 9.34. The van der Waals surface area contributed by atoms with E-state index in [1.54, 1.807) is 30.3 Å². The van der Waals surface area contributed by atoms with E-state index in [1.165, 1.54) is 20.2 Å². The third-order valence-electron chi connectivity index (χ3n) is 3.96. The van der Waals surface area contributed by atoms with Crippen LogP contribution in [0.3, 0.4) is 0 Å². The number of methoxy groups -OCH3 is 1. The standard InChI is InChI=1S/C19H18N2O4S/c1-20-19(22)15-8-10-18(25-2)17(12-15)21-26(23,24)16-9-7-13-5-3-4-6-14(13)11-16/h3-12,21H,1-2H3,(H,20,22). The summed E-state index contributed by atoms with van der Waals surface area (Å²) in [5.74, 6) is 0.000762. The van der Waals surface area contributed by atoms with Gasteiger partial charge in [-0.1, -0.05) is 30.3 Å². The van der Waals surface area contributed by atoms with Crippen LogP contribution in [-0.2, 0) is 10.0 Å². The van der Waals surface area contributed by atoms with Crippen LogP contribution in [0, 0.1) is 0 Å². The van der Waals surface area contributed by atoms with Gasteiger partial charge in [0.1, 0.15) is 5.75 Å². The lowest BCUT2D eigenvalue weighted by Crippen LogP contribution is -2.19. The Labute approximate surface area is 151 Å². The van der Waals surface area contributed by atoms with Gasteiger partial charge in [0, 0.05) is 12.6 Å². The molecule has 1 amide bonds. The molecule has 3 aromatic carbocycles. The fourth-order valence-corrected chi connectivity index (χ4v) is 3.71. The zero-order chi connectivity index (χ0) is 18.7. The van der Waals surface area contributed by atoms with Crippen molar-refractivity contribution >= 4 is 32.4 Å². The molecule has 0 saturated carbocycles. The predicted molar refractivity (Wildman–Crippen MR) is 101 cm³/mol. The molecule has 0 fully saturated rings. The number of amides is 1. The van der Waals surface area contributed by atoms with Crippen molar-refractivity contribution in [2.24, 2.45) is 0 Å². The van der Waals surface area contributed by atoms with Gasteiger partial charge >= 0.3 is 0 Å². The quantitative estimate of drug-likeness (QED) is 0.723. The first kappa shape index (κ1) is 17.8. The number of sulfonamides is 1. The summed E-state index contributed by atoms with van der Waals surface area (Å²) in [6.07, 6.45) is 0. The molecule has 26 heavy (non-hydrogen) atoms. The van der Waals surface area contributed by atoms with Crippen LogP contribution in [0.25, 0.3) is 10.8 Å². The van der Waals surface area contributed by atoms with Gasteiger partial charge in [0.15, 0.2) is 0 Å². The lowest BCUT2D eigenvalue weighted by Gasteiger charge is -2.13. The molecule has 134 valence electrons. The SMILES string of the molecule is CNC(=O)c1ccc(OC)c(NS(=O)(=O)c2ccc3ccccc3c2)c1. The summed E-state index contributed by atoms with van der Waals surface area (Å²) in [5.41, 5.74) is 0.520. The highest BCUT2D eigenvalue weighted by molar-refractivity contribution is 7.92. The molecule has 0 unspecified atom stereocenters. The highest BCUT2D eigenvalue weighted by atomic mass is 32.2. The Kier molecular flexibility index (Phi) is 4.81. The number of anilines is 1. The number of fused-ring (bicyclic) bond motifs is 1. The monoisotopic (exact) mass is 370 g/mol. The molecule has 2 N–H and O–H groups in total. The van der Waals surface area contributed by atoms with Gasteiger partial charge in [0.2, 0.25) is 0 Å². The Balaban J connectivity index is 2.01. The number of benzene rings is 3. The van der Waals surface area contributed by atoms with Crippen LogP contribution >= 0.6 is 0 Å². The summed E-state index contributed by atoms with van der Waals surface area (Å²) in [6.45, 7) is 0. The maximum Gasteiger partial charge on any atom is 0.262 e.